The molecule has 34 heavy (non-hydrogen) atoms. The summed E-state index contributed by atoms with van der Waals surface area (Å²) < 4.78 is 43.8. The standard InChI is InChI=1S/C24H21F3N4O2S/c25-24(26,27)33-19-4-2-1-3-16(19)12-29-17-5-6-18-20(11-17)34-22-21(18)23(32)31(14-30-22)13-15-7-9-28-10-8-15/h1-4,7-10,14,17,29H,5-6,11-13H2/t17-/m0/s1. The third kappa shape index (κ3) is 4.83. The van der Waals surface area contributed by atoms with Crippen molar-refractivity contribution in [3.63, 3.8) is 0 Å². The zero-order chi connectivity index (χ0) is 23.7. The van der Waals surface area contributed by atoms with E-state index < -0.39 is 6.36 Å². The number of hydrogen-bond donors (Lipinski definition) is 1. The number of halogens is 3. The Labute approximate surface area is 197 Å². The molecule has 1 aliphatic rings. The van der Waals surface area contributed by atoms with Crippen molar-refractivity contribution in [2.75, 3.05) is 0 Å². The summed E-state index contributed by atoms with van der Waals surface area (Å²) in [4.78, 5) is 23.6. The van der Waals surface area contributed by atoms with Crippen LogP contribution in [-0.4, -0.2) is 26.9 Å². The first-order valence-corrected chi connectivity index (χ1v) is 11.6. The van der Waals surface area contributed by atoms with Crippen LogP contribution in [0, 0.1) is 0 Å². The van der Waals surface area contributed by atoms with Gasteiger partial charge in [0.2, 0.25) is 0 Å². The van der Waals surface area contributed by atoms with Gasteiger partial charge in [-0.1, -0.05) is 18.2 Å². The minimum Gasteiger partial charge on any atom is -0.405 e. The fourth-order valence-corrected chi connectivity index (χ4v) is 5.56. The van der Waals surface area contributed by atoms with E-state index in [0.717, 1.165) is 27.3 Å². The van der Waals surface area contributed by atoms with Crippen LogP contribution < -0.4 is 15.6 Å². The topological polar surface area (TPSA) is 69.0 Å². The number of ether oxygens (including phenoxy) is 1. The molecule has 3 heterocycles. The largest absolute Gasteiger partial charge is 0.573 e. The van der Waals surface area contributed by atoms with Crippen LogP contribution in [0.2, 0.25) is 0 Å². The Balaban J connectivity index is 1.32. The summed E-state index contributed by atoms with van der Waals surface area (Å²) in [6.45, 7) is 0.687. The van der Waals surface area contributed by atoms with E-state index >= 15 is 0 Å². The number of fused-ring (bicyclic) bond motifs is 3. The fraction of sp³-hybridized carbons (Fsp3) is 0.292. The third-order valence-corrected chi connectivity index (χ3v) is 7.08. The molecule has 0 aliphatic heterocycles. The molecule has 176 valence electrons. The van der Waals surface area contributed by atoms with Gasteiger partial charge in [0.1, 0.15) is 10.6 Å². The highest BCUT2D eigenvalue weighted by molar-refractivity contribution is 7.18. The maximum Gasteiger partial charge on any atom is 0.573 e. The zero-order valence-corrected chi connectivity index (χ0v) is 18.8. The monoisotopic (exact) mass is 486 g/mol. The Bertz CT molecular complexity index is 1370. The minimum atomic E-state index is -4.73. The molecule has 1 aliphatic carbocycles. The number of alkyl halides is 3. The van der Waals surface area contributed by atoms with Gasteiger partial charge in [-0.05, 0) is 48.6 Å². The number of para-hydroxylation sites is 1. The number of nitrogens with one attached hydrogen (secondary N) is 1. The lowest BCUT2D eigenvalue weighted by Gasteiger charge is -2.24. The maximum absolute atomic E-state index is 13.2. The van der Waals surface area contributed by atoms with Crippen molar-refractivity contribution in [1.29, 1.82) is 0 Å². The van der Waals surface area contributed by atoms with E-state index in [-0.39, 0.29) is 23.9 Å². The maximum atomic E-state index is 13.2. The third-order valence-electron chi connectivity index (χ3n) is 5.92. The van der Waals surface area contributed by atoms with E-state index in [9.17, 15) is 18.0 Å². The molecule has 1 aromatic carbocycles. The van der Waals surface area contributed by atoms with Crippen molar-refractivity contribution >= 4 is 21.6 Å². The lowest BCUT2D eigenvalue weighted by atomic mass is 9.93. The van der Waals surface area contributed by atoms with Gasteiger partial charge in [0.05, 0.1) is 18.3 Å². The smallest absolute Gasteiger partial charge is 0.405 e. The first-order chi connectivity index (χ1) is 16.4. The highest BCUT2D eigenvalue weighted by atomic mass is 32.1. The van der Waals surface area contributed by atoms with E-state index in [2.05, 4.69) is 20.0 Å². The summed E-state index contributed by atoms with van der Waals surface area (Å²) in [6, 6.07) is 9.96. The molecule has 1 N–H and O–H groups in total. The number of thiophene rings is 1. The summed E-state index contributed by atoms with van der Waals surface area (Å²) in [5.41, 5.74) is 2.41. The van der Waals surface area contributed by atoms with E-state index in [1.54, 1.807) is 35.4 Å². The van der Waals surface area contributed by atoms with Gasteiger partial charge in [0.15, 0.2) is 0 Å². The second-order valence-corrected chi connectivity index (χ2v) is 9.28. The lowest BCUT2D eigenvalue weighted by Crippen LogP contribution is -2.34. The Morgan fingerprint density at radius 1 is 1.18 bits per heavy atom. The predicted octanol–water partition coefficient (Wildman–Crippen LogP) is 4.45. The van der Waals surface area contributed by atoms with E-state index in [1.165, 1.54) is 23.5 Å². The van der Waals surface area contributed by atoms with Crippen molar-refractivity contribution in [3.05, 3.63) is 87.0 Å². The molecule has 6 nitrogen and oxygen atoms in total. The molecule has 3 aromatic heterocycles. The quantitative estimate of drug-likeness (QED) is 0.436. The van der Waals surface area contributed by atoms with Crippen molar-refractivity contribution in [2.45, 2.75) is 44.8 Å². The second-order valence-electron chi connectivity index (χ2n) is 8.19. The number of benzene rings is 1. The molecule has 0 fully saturated rings. The number of pyridine rings is 1. The molecule has 10 heteroatoms. The molecule has 0 amide bonds. The average molecular weight is 487 g/mol. The Morgan fingerprint density at radius 2 is 1.97 bits per heavy atom. The van der Waals surface area contributed by atoms with E-state index in [0.29, 0.717) is 30.3 Å². The summed E-state index contributed by atoms with van der Waals surface area (Å²) in [6.07, 6.45) is 2.43. The molecular formula is C24H21F3N4O2S. The summed E-state index contributed by atoms with van der Waals surface area (Å²) in [5.74, 6) is -0.195. The summed E-state index contributed by atoms with van der Waals surface area (Å²) in [5, 5.41) is 4.04. The van der Waals surface area contributed by atoms with Gasteiger partial charge in [-0.25, -0.2) is 4.98 Å². The number of aryl methyl sites for hydroxylation is 1. The average Bonchev–Trinajstić information content (AvgIpc) is 3.18. The SMILES string of the molecule is O=c1c2c3c(sc2ncn1Cc1ccncc1)C[C@@H](NCc1ccccc1OC(F)(F)F)CC3. The highest BCUT2D eigenvalue weighted by Crippen LogP contribution is 2.34. The molecule has 0 saturated carbocycles. The molecule has 0 radical (unpaired) electrons. The van der Waals surface area contributed by atoms with Crippen molar-refractivity contribution in [1.82, 2.24) is 19.9 Å². The van der Waals surface area contributed by atoms with Crippen LogP contribution >= 0.6 is 11.3 Å². The first-order valence-electron chi connectivity index (χ1n) is 10.8. The normalized spacial score (nSPS) is 15.9. The van der Waals surface area contributed by atoms with Crippen molar-refractivity contribution in [3.8, 4) is 5.75 Å². The Kier molecular flexibility index (Phi) is 6.09. The molecule has 0 spiro atoms. The Morgan fingerprint density at radius 3 is 2.76 bits per heavy atom. The molecule has 0 unspecified atom stereocenters. The molecule has 1 atom stereocenters. The van der Waals surface area contributed by atoms with Crippen LogP contribution in [0.25, 0.3) is 10.2 Å². The summed E-state index contributed by atoms with van der Waals surface area (Å²) >= 11 is 1.52. The van der Waals surface area contributed by atoms with Gasteiger partial charge in [0.25, 0.3) is 5.56 Å². The number of nitrogens with zero attached hydrogens (tertiary/aromatic N) is 3. The first kappa shape index (κ1) is 22.5. The van der Waals surface area contributed by atoms with Gasteiger partial charge in [0, 0.05) is 35.4 Å². The molecular weight excluding hydrogens is 465 g/mol. The van der Waals surface area contributed by atoms with Crippen LogP contribution in [0.4, 0.5) is 13.2 Å². The van der Waals surface area contributed by atoms with Gasteiger partial charge in [-0.2, -0.15) is 0 Å². The van der Waals surface area contributed by atoms with Crippen LogP contribution in [0.5, 0.6) is 5.75 Å². The van der Waals surface area contributed by atoms with Crippen LogP contribution in [-0.2, 0) is 25.9 Å². The second kappa shape index (κ2) is 9.19. The van der Waals surface area contributed by atoms with Crippen molar-refractivity contribution < 1.29 is 17.9 Å². The van der Waals surface area contributed by atoms with Gasteiger partial charge in [-0.3, -0.25) is 14.3 Å². The zero-order valence-electron chi connectivity index (χ0n) is 18.0. The molecule has 0 bridgehead atoms. The van der Waals surface area contributed by atoms with Crippen LogP contribution in [0.1, 0.15) is 28.0 Å². The molecule has 0 saturated heterocycles. The number of hydrogen-bond acceptors (Lipinski definition) is 6. The van der Waals surface area contributed by atoms with E-state index in [1.807, 2.05) is 12.1 Å². The van der Waals surface area contributed by atoms with Crippen LogP contribution in [0.3, 0.4) is 0 Å². The number of aromatic nitrogens is 3. The molecule has 5 rings (SSSR count). The van der Waals surface area contributed by atoms with E-state index in [4.69, 9.17) is 0 Å². The molecule has 4 aromatic rings. The fourth-order valence-electron chi connectivity index (χ4n) is 4.30. The predicted molar refractivity (Wildman–Crippen MR) is 123 cm³/mol. The highest BCUT2D eigenvalue weighted by Gasteiger charge is 2.32. The summed E-state index contributed by atoms with van der Waals surface area (Å²) in [7, 11) is 0. The van der Waals surface area contributed by atoms with Gasteiger partial charge >= 0.3 is 6.36 Å². The number of rotatable bonds is 6. The van der Waals surface area contributed by atoms with Gasteiger partial charge in [-0.15, -0.1) is 24.5 Å². The van der Waals surface area contributed by atoms with Gasteiger partial charge < -0.3 is 10.1 Å². The Hall–Kier alpha value is -3.24. The minimum absolute atomic E-state index is 0.0519. The van der Waals surface area contributed by atoms with Crippen molar-refractivity contribution in [2.24, 2.45) is 0 Å². The van der Waals surface area contributed by atoms with Crippen LogP contribution in [0.15, 0.2) is 59.9 Å². The lowest BCUT2D eigenvalue weighted by molar-refractivity contribution is -0.274.